The summed E-state index contributed by atoms with van der Waals surface area (Å²) >= 11 is 0. The fraction of sp³-hybridized carbons (Fsp3) is 0.727. The molecule has 0 aromatic heterocycles. The van der Waals surface area contributed by atoms with Crippen molar-refractivity contribution < 1.29 is 77.3 Å². The van der Waals surface area contributed by atoms with Gasteiger partial charge in [-0.05, 0) is 107 Å². The van der Waals surface area contributed by atoms with Crippen LogP contribution in [0.15, 0.2) is 47.6 Å². The maximum Gasteiger partial charge on any atom is 0.329 e. The van der Waals surface area contributed by atoms with Gasteiger partial charge in [0.05, 0.1) is 31.2 Å². The van der Waals surface area contributed by atoms with Crippen LogP contribution in [0.3, 0.4) is 0 Å². The van der Waals surface area contributed by atoms with Crippen molar-refractivity contribution >= 4 is 41.2 Å². The third kappa shape index (κ3) is 16.6. The number of allylic oxidation sites excluding steroid dienone is 6. The molecule has 3 N–H and O–H groups in total. The first-order chi connectivity index (χ1) is 34.0. The Bertz CT molecular complexity index is 2010. The lowest BCUT2D eigenvalue weighted by Gasteiger charge is -2.42. The molecule has 2 bridgehead atoms. The number of carbonyl (C=O) groups is 7. The molecular weight excluding hydrogens is 931 g/mol. The van der Waals surface area contributed by atoms with Crippen LogP contribution < -0.4 is 0 Å². The number of rotatable bonds is 10. The number of nitrogens with zero attached hydrogens (tertiary/aromatic N) is 1. The van der Waals surface area contributed by atoms with Gasteiger partial charge < -0.3 is 48.6 Å². The standard InChI is InChI=1S/C55H83NO16/c1-32-16-12-11-13-17-33(2)44(67-8)30-40-21-19-38(7)55(66,72-40)52(63)53(64)56-25-15-14-18-41(56)54(65)71-45(31-42(57)34(3)27-37(6)50(62)51(69-10)49(61)36(5)26-32)35(4)28-39-20-22-43(46(29-39)68-9)70-48(60)24-23-47(58)59/h11-13,16-17,27,32,34-36,38-41,43-46,50-51,62,66H,14-15,18-26,28-31H2,1-10H3,(H,58,59)/t32-,34-,35-,36-,38-,39+,40+,41+,43-,44+,45+,46-,50-,51+,55-/m1/s1. The molecule has 15 atom stereocenters. The molecule has 1 amide bonds. The minimum absolute atomic E-state index is 0.00674. The van der Waals surface area contributed by atoms with Crippen molar-refractivity contribution in [1.82, 2.24) is 4.90 Å². The fourth-order valence-corrected chi connectivity index (χ4v) is 10.7. The summed E-state index contributed by atoms with van der Waals surface area (Å²) < 4.78 is 35.2. The number of methoxy groups -OCH3 is 3. The van der Waals surface area contributed by atoms with Crippen LogP contribution in [0.4, 0.5) is 0 Å². The van der Waals surface area contributed by atoms with Crippen LogP contribution >= 0.6 is 0 Å². The third-order valence-corrected chi connectivity index (χ3v) is 15.3. The van der Waals surface area contributed by atoms with Crippen LogP contribution in [-0.4, -0.2) is 144 Å². The van der Waals surface area contributed by atoms with Gasteiger partial charge in [0.15, 0.2) is 5.78 Å². The summed E-state index contributed by atoms with van der Waals surface area (Å²) in [5, 5.41) is 32.5. The Morgan fingerprint density at radius 1 is 0.847 bits per heavy atom. The molecule has 0 unspecified atom stereocenters. The highest BCUT2D eigenvalue weighted by Crippen LogP contribution is 2.38. The Balaban J connectivity index is 1.68. The molecule has 3 fully saturated rings. The van der Waals surface area contributed by atoms with Gasteiger partial charge in [-0.1, -0.05) is 71.1 Å². The van der Waals surface area contributed by atoms with E-state index in [1.165, 1.54) is 14.2 Å². The Labute approximate surface area is 426 Å². The van der Waals surface area contributed by atoms with E-state index in [0.29, 0.717) is 69.8 Å². The monoisotopic (exact) mass is 1010 g/mol. The molecule has 17 heteroatoms. The summed E-state index contributed by atoms with van der Waals surface area (Å²) in [6, 6.07) is -1.20. The number of cyclic esters (lactones) is 1. The lowest BCUT2D eigenvalue weighted by molar-refractivity contribution is -0.265. The van der Waals surface area contributed by atoms with Crippen molar-refractivity contribution in [2.75, 3.05) is 27.9 Å². The molecule has 3 heterocycles. The Morgan fingerprint density at radius 3 is 2.24 bits per heavy atom. The zero-order valence-corrected chi connectivity index (χ0v) is 44.2. The van der Waals surface area contributed by atoms with Crippen LogP contribution in [0.25, 0.3) is 0 Å². The lowest BCUT2D eigenvalue weighted by Crippen LogP contribution is -2.61. The normalized spacial score (nSPS) is 35.1. The number of aliphatic hydroxyl groups excluding tert-OH is 1. The van der Waals surface area contributed by atoms with Crippen LogP contribution in [0.1, 0.15) is 138 Å². The SMILES string of the molecule is CO[C@H]1C[C@@H]2CC[C@@H](C)[C@@](O)(O2)C(=O)C(=O)N2CCCC[C@H]2C(=O)O[C@H]([C@H](C)C[C@@H]2CC[C@@H](OC(=O)CCC(=O)O)[C@H](OC)C2)CC(=O)[C@H](C)C=C(C)[C@@H](O)[C@@H](OC)C(=O)[C@H](C)C[C@H](C)C=CC=CC=C1C. The largest absolute Gasteiger partial charge is 0.481 e. The van der Waals surface area contributed by atoms with Crippen molar-refractivity contribution in [3.63, 3.8) is 0 Å². The van der Waals surface area contributed by atoms with Gasteiger partial charge in [0.25, 0.3) is 11.7 Å². The summed E-state index contributed by atoms with van der Waals surface area (Å²) in [6.07, 6.45) is 9.31. The second-order valence-electron chi connectivity index (χ2n) is 20.9. The highest BCUT2D eigenvalue weighted by Gasteiger charge is 2.53. The number of ether oxygens (including phenoxy) is 6. The molecule has 0 aromatic carbocycles. The summed E-state index contributed by atoms with van der Waals surface area (Å²) in [7, 11) is 4.43. The number of hydrogen-bond donors (Lipinski definition) is 3. The molecule has 0 radical (unpaired) electrons. The molecule has 72 heavy (non-hydrogen) atoms. The summed E-state index contributed by atoms with van der Waals surface area (Å²) in [4.78, 5) is 95.8. The number of carbonyl (C=O) groups excluding carboxylic acids is 6. The lowest BCUT2D eigenvalue weighted by atomic mass is 9.78. The molecule has 2 saturated heterocycles. The first kappa shape index (κ1) is 60.2. The third-order valence-electron chi connectivity index (χ3n) is 15.3. The van der Waals surface area contributed by atoms with E-state index in [0.717, 1.165) is 10.5 Å². The Kier molecular flexibility index (Phi) is 23.7. The number of ketones is 3. The quantitative estimate of drug-likeness (QED) is 0.119. The summed E-state index contributed by atoms with van der Waals surface area (Å²) in [5.41, 5.74) is 1.21. The zero-order valence-electron chi connectivity index (χ0n) is 44.2. The van der Waals surface area contributed by atoms with Gasteiger partial charge in [-0.15, -0.1) is 0 Å². The molecule has 4 rings (SSSR count). The van der Waals surface area contributed by atoms with E-state index >= 15 is 0 Å². The smallest absolute Gasteiger partial charge is 0.329 e. The van der Waals surface area contributed by atoms with Crippen molar-refractivity contribution in [3.8, 4) is 0 Å². The van der Waals surface area contributed by atoms with E-state index in [9.17, 15) is 43.8 Å². The average molecular weight is 1010 g/mol. The van der Waals surface area contributed by atoms with Gasteiger partial charge in [-0.2, -0.15) is 0 Å². The summed E-state index contributed by atoms with van der Waals surface area (Å²) in [6.45, 7) is 12.5. The summed E-state index contributed by atoms with van der Waals surface area (Å²) in [5.74, 6) is -10.3. The van der Waals surface area contributed by atoms with Crippen LogP contribution in [0.5, 0.6) is 0 Å². The minimum atomic E-state index is -2.47. The predicted molar refractivity (Wildman–Crippen MR) is 266 cm³/mol. The van der Waals surface area contributed by atoms with E-state index in [1.54, 1.807) is 40.9 Å². The fourth-order valence-electron chi connectivity index (χ4n) is 10.7. The highest BCUT2D eigenvalue weighted by molar-refractivity contribution is 6.39. The van der Waals surface area contributed by atoms with Crippen LogP contribution in [0, 0.1) is 35.5 Å². The number of Topliss-reactive ketones (excluding diaryl/α,β-unsaturated/α-hetero) is 3. The maximum absolute atomic E-state index is 14.5. The molecule has 0 spiro atoms. The van der Waals surface area contributed by atoms with Crippen molar-refractivity contribution in [1.29, 1.82) is 0 Å². The molecule has 4 aliphatic rings. The van der Waals surface area contributed by atoms with Gasteiger partial charge in [-0.3, -0.25) is 28.8 Å². The molecule has 3 aliphatic heterocycles. The molecule has 0 aromatic rings. The van der Waals surface area contributed by atoms with Crippen LogP contribution in [-0.2, 0) is 62.0 Å². The van der Waals surface area contributed by atoms with E-state index in [-0.39, 0.29) is 55.6 Å². The van der Waals surface area contributed by atoms with Crippen LogP contribution in [0.2, 0.25) is 0 Å². The first-order valence-corrected chi connectivity index (χ1v) is 25.9. The minimum Gasteiger partial charge on any atom is -0.481 e. The van der Waals surface area contributed by atoms with Gasteiger partial charge in [0.1, 0.15) is 36.2 Å². The van der Waals surface area contributed by atoms with Crippen molar-refractivity contribution in [3.05, 3.63) is 47.6 Å². The molecule has 1 saturated carbocycles. The van der Waals surface area contributed by atoms with Gasteiger partial charge in [-0.25, -0.2) is 4.79 Å². The number of aliphatic hydroxyl groups is 2. The number of amides is 1. The molecular formula is C55H83NO16. The zero-order chi connectivity index (χ0) is 53.4. The van der Waals surface area contributed by atoms with Gasteiger partial charge >= 0.3 is 17.9 Å². The number of carboxylic acids is 1. The molecule has 17 nitrogen and oxygen atoms in total. The van der Waals surface area contributed by atoms with E-state index in [1.807, 2.05) is 51.2 Å². The number of piperidine rings is 1. The average Bonchev–Trinajstić information content (AvgIpc) is 3.35. The second kappa shape index (κ2) is 28.3. The number of aliphatic carboxylic acids is 1. The van der Waals surface area contributed by atoms with Gasteiger partial charge in [0, 0.05) is 58.5 Å². The topological polar surface area (TPSA) is 239 Å². The first-order valence-electron chi connectivity index (χ1n) is 25.9. The van der Waals surface area contributed by atoms with E-state index in [4.69, 9.17) is 33.5 Å². The van der Waals surface area contributed by atoms with E-state index in [2.05, 4.69) is 0 Å². The van der Waals surface area contributed by atoms with E-state index < -0.39 is 108 Å². The number of fused-ring (bicyclic) bond motifs is 3. The molecule has 404 valence electrons. The predicted octanol–water partition coefficient (Wildman–Crippen LogP) is 6.60. The molecule has 1 aliphatic carbocycles. The highest BCUT2D eigenvalue weighted by atomic mass is 16.6. The Morgan fingerprint density at radius 2 is 1.57 bits per heavy atom. The number of hydrogen-bond acceptors (Lipinski definition) is 15. The second-order valence-corrected chi connectivity index (χ2v) is 20.9. The van der Waals surface area contributed by atoms with Gasteiger partial charge in [0.2, 0.25) is 5.79 Å². The Hall–Kier alpha value is -4.39. The van der Waals surface area contributed by atoms with Crippen molar-refractivity contribution in [2.24, 2.45) is 35.5 Å². The van der Waals surface area contributed by atoms with Crippen molar-refractivity contribution in [2.45, 2.75) is 193 Å². The number of carboxylic acid groups (broad SMARTS) is 1. The maximum atomic E-state index is 14.5. The number of esters is 2.